The Hall–Kier alpha value is -4.10. The molecule has 4 aromatic rings. The van der Waals surface area contributed by atoms with E-state index in [9.17, 15) is 13.2 Å². The first-order valence-corrected chi connectivity index (χ1v) is 12.0. The van der Waals surface area contributed by atoms with E-state index >= 15 is 0 Å². The van der Waals surface area contributed by atoms with Crippen molar-refractivity contribution in [3.05, 3.63) is 77.3 Å². The van der Waals surface area contributed by atoms with Crippen molar-refractivity contribution in [3.8, 4) is 6.07 Å². The first-order chi connectivity index (χ1) is 16.2. The van der Waals surface area contributed by atoms with Gasteiger partial charge in [0.15, 0.2) is 0 Å². The summed E-state index contributed by atoms with van der Waals surface area (Å²) in [5, 5.41) is 12.8. The van der Waals surface area contributed by atoms with Gasteiger partial charge in [-0.2, -0.15) is 13.7 Å². The summed E-state index contributed by atoms with van der Waals surface area (Å²) in [6.45, 7) is 3.88. The number of imidazole rings is 1. The SMILES string of the molecule is CCc1cc(C(Nc2ccc(C#N)cc2)C(=O)NS(=O)(=O)c2nccn2C)cc2c(C)coc12. The molecule has 4 rings (SSSR count). The molecule has 1 amide bonds. The zero-order valence-corrected chi connectivity index (χ0v) is 19.7. The Kier molecular flexibility index (Phi) is 6.13. The third kappa shape index (κ3) is 4.38. The van der Waals surface area contributed by atoms with Gasteiger partial charge < -0.3 is 14.3 Å². The van der Waals surface area contributed by atoms with Gasteiger partial charge in [-0.1, -0.05) is 6.92 Å². The largest absolute Gasteiger partial charge is 0.464 e. The summed E-state index contributed by atoms with van der Waals surface area (Å²) in [6.07, 6.45) is 5.14. The summed E-state index contributed by atoms with van der Waals surface area (Å²) in [5.74, 6) is -0.769. The van der Waals surface area contributed by atoms with Crippen molar-refractivity contribution in [1.29, 1.82) is 5.26 Å². The first-order valence-electron chi connectivity index (χ1n) is 10.5. The van der Waals surface area contributed by atoms with Crippen LogP contribution in [0, 0.1) is 18.3 Å². The Morgan fingerprint density at radius 2 is 2.00 bits per heavy atom. The minimum atomic E-state index is -4.21. The van der Waals surface area contributed by atoms with Gasteiger partial charge >= 0.3 is 0 Å². The average molecular weight is 478 g/mol. The van der Waals surface area contributed by atoms with E-state index in [1.807, 2.05) is 32.0 Å². The van der Waals surface area contributed by atoms with Crippen LogP contribution in [0.15, 0.2) is 64.6 Å². The van der Waals surface area contributed by atoms with Gasteiger partial charge in [0.25, 0.3) is 15.9 Å². The quantitative estimate of drug-likeness (QED) is 0.416. The lowest BCUT2D eigenvalue weighted by atomic mass is 9.98. The van der Waals surface area contributed by atoms with E-state index in [1.54, 1.807) is 30.5 Å². The Labute approximate surface area is 197 Å². The van der Waals surface area contributed by atoms with E-state index in [4.69, 9.17) is 9.68 Å². The number of aromatic nitrogens is 2. The van der Waals surface area contributed by atoms with Crippen LogP contribution in [-0.2, 0) is 28.3 Å². The fraction of sp³-hybridized carbons (Fsp3) is 0.208. The Bertz CT molecular complexity index is 1510. The van der Waals surface area contributed by atoms with E-state index in [0.29, 0.717) is 23.2 Å². The number of aryl methyl sites for hydroxylation is 3. The molecule has 0 spiro atoms. The Morgan fingerprint density at radius 1 is 1.26 bits per heavy atom. The molecule has 2 heterocycles. The van der Waals surface area contributed by atoms with Gasteiger partial charge in [0.05, 0.1) is 17.9 Å². The molecule has 34 heavy (non-hydrogen) atoms. The number of carbonyl (C=O) groups is 1. The zero-order valence-electron chi connectivity index (χ0n) is 18.9. The van der Waals surface area contributed by atoms with Gasteiger partial charge in [0.2, 0.25) is 5.16 Å². The topological polar surface area (TPSA) is 130 Å². The fourth-order valence-corrected chi connectivity index (χ4v) is 4.86. The number of rotatable bonds is 7. The van der Waals surface area contributed by atoms with E-state index in [0.717, 1.165) is 22.1 Å². The van der Waals surface area contributed by atoms with Gasteiger partial charge in [-0.25, -0.2) is 9.71 Å². The standard InChI is InChI=1S/C24H23N5O4S/c1-4-17-11-18(12-20-15(2)14-33-22(17)20)21(27-19-7-5-16(13-25)6-8-19)23(30)28-34(31,32)24-26-9-10-29(24)3/h5-12,14,21,27H,4H2,1-3H3,(H,28,30). The number of hydrogen-bond acceptors (Lipinski definition) is 7. The molecule has 0 saturated heterocycles. The Morgan fingerprint density at radius 3 is 2.62 bits per heavy atom. The monoisotopic (exact) mass is 477 g/mol. The van der Waals surface area contributed by atoms with Crippen LogP contribution < -0.4 is 10.0 Å². The van der Waals surface area contributed by atoms with E-state index in [-0.39, 0.29) is 5.16 Å². The molecule has 2 aromatic carbocycles. The second kappa shape index (κ2) is 9.03. The van der Waals surface area contributed by atoms with Crippen molar-refractivity contribution >= 4 is 32.6 Å². The molecule has 174 valence electrons. The number of nitrogens with zero attached hydrogens (tertiary/aromatic N) is 3. The van der Waals surface area contributed by atoms with E-state index < -0.39 is 22.0 Å². The zero-order chi connectivity index (χ0) is 24.5. The number of furan rings is 1. The molecule has 0 aliphatic heterocycles. The third-order valence-electron chi connectivity index (χ3n) is 5.52. The molecule has 10 heteroatoms. The molecule has 0 radical (unpaired) electrons. The highest BCUT2D eigenvalue weighted by Gasteiger charge is 2.29. The number of hydrogen-bond donors (Lipinski definition) is 2. The van der Waals surface area contributed by atoms with Crippen LogP contribution in [0.1, 0.15) is 35.2 Å². The summed E-state index contributed by atoms with van der Waals surface area (Å²) in [6, 6.07) is 11.2. The number of sulfonamides is 1. The third-order valence-corrected chi connectivity index (χ3v) is 6.86. The van der Waals surface area contributed by atoms with Crippen LogP contribution in [0.2, 0.25) is 0 Å². The highest BCUT2D eigenvalue weighted by molar-refractivity contribution is 7.89. The van der Waals surface area contributed by atoms with Gasteiger partial charge in [-0.15, -0.1) is 0 Å². The highest BCUT2D eigenvalue weighted by Crippen LogP contribution is 2.31. The van der Waals surface area contributed by atoms with Gasteiger partial charge in [-0.3, -0.25) is 4.79 Å². The summed E-state index contributed by atoms with van der Waals surface area (Å²) in [4.78, 5) is 17.2. The van der Waals surface area contributed by atoms with Crippen molar-refractivity contribution in [1.82, 2.24) is 14.3 Å². The molecule has 2 aromatic heterocycles. The van der Waals surface area contributed by atoms with Gasteiger partial charge in [0, 0.05) is 30.5 Å². The van der Waals surface area contributed by atoms with E-state index in [1.165, 1.54) is 24.0 Å². The molecular weight excluding hydrogens is 454 g/mol. The molecule has 2 N–H and O–H groups in total. The number of fused-ring (bicyclic) bond motifs is 1. The summed E-state index contributed by atoms with van der Waals surface area (Å²) in [7, 11) is -2.68. The normalized spacial score (nSPS) is 12.3. The lowest BCUT2D eigenvalue weighted by Crippen LogP contribution is -2.38. The second-order valence-corrected chi connectivity index (χ2v) is 9.46. The molecule has 0 fully saturated rings. The summed E-state index contributed by atoms with van der Waals surface area (Å²) in [5.41, 5.74) is 4.13. The van der Waals surface area contributed by atoms with E-state index in [2.05, 4.69) is 15.0 Å². The van der Waals surface area contributed by atoms with Crippen molar-refractivity contribution in [2.75, 3.05) is 5.32 Å². The molecule has 9 nitrogen and oxygen atoms in total. The maximum atomic E-state index is 13.4. The van der Waals surface area contributed by atoms with Crippen LogP contribution in [0.25, 0.3) is 11.0 Å². The van der Waals surface area contributed by atoms with Crippen LogP contribution in [0.5, 0.6) is 0 Å². The smallest absolute Gasteiger partial charge is 0.298 e. The van der Waals surface area contributed by atoms with Crippen molar-refractivity contribution < 1.29 is 17.6 Å². The predicted octanol–water partition coefficient (Wildman–Crippen LogP) is 3.57. The number of amides is 1. The van der Waals surface area contributed by atoms with Crippen molar-refractivity contribution in [3.63, 3.8) is 0 Å². The highest BCUT2D eigenvalue weighted by atomic mass is 32.2. The Balaban J connectivity index is 1.77. The maximum Gasteiger partial charge on any atom is 0.298 e. The molecule has 0 bridgehead atoms. The molecule has 0 saturated carbocycles. The minimum Gasteiger partial charge on any atom is -0.464 e. The number of nitriles is 1. The lowest BCUT2D eigenvalue weighted by Gasteiger charge is -2.21. The number of anilines is 1. The maximum absolute atomic E-state index is 13.4. The van der Waals surface area contributed by atoms with Crippen molar-refractivity contribution in [2.45, 2.75) is 31.5 Å². The summed E-state index contributed by atoms with van der Waals surface area (Å²) < 4.78 is 34.9. The molecule has 0 aliphatic carbocycles. The van der Waals surface area contributed by atoms with Crippen LogP contribution >= 0.6 is 0 Å². The fourth-order valence-electron chi connectivity index (χ4n) is 3.74. The number of nitrogens with one attached hydrogen (secondary N) is 2. The lowest BCUT2D eigenvalue weighted by molar-refractivity contribution is -0.120. The second-order valence-electron chi connectivity index (χ2n) is 7.89. The van der Waals surface area contributed by atoms with Gasteiger partial charge in [0.1, 0.15) is 11.6 Å². The molecular formula is C24H23N5O4S. The molecule has 0 aliphatic rings. The molecule has 1 unspecified atom stereocenters. The number of benzene rings is 2. The number of carbonyl (C=O) groups excluding carboxylic acids is 1. The van der Waals surface area contributed by atoms with Crippen LogP contribution in [0.3, 0.4) is 0 Å². The first kappa shape index (κ1) is 23.1. The summed E-state index contributed by atoms with van der Waals surface area (Å²) >= 11 is 0. The van der Waals surface area contributed by atoms with Gasteiger partial charge in [-0.05, 0) is 66.4 Å². The van der Waals surface area contributed by atoms with Crippen molar-refractivity contribution in [2.24, 2.45) is 7.05 Å². The predicted molar refractivity (Wildman–Crippen MR) is 126 cm³/mol. The van der Waals surface area contributed by atoms with Crippen LogP contribution in [0.4, 0.5) is 5.69 Å². The van der Waals surface area contributed by atoms with Crippen LogP contribution in [-0.4, -0.2) is 23.9 Å². The minimum absolute atomic E-state index is 0.270. The molecule has 1 atom stereocenters. The average Bonchev–Trinajstić information content (AvgIpc) is 3.43.